The molecule has 0 spiro atoms. The molecule has 0 bridgehead atoms. The average Bonchev–Trinajstić information content (AvgIpc) is 2.32. The highest BCUT2D eigenvalue weighted by Gasteiger charge is 2.06. The summed E-state index contributed by atoms with van der Waals surface area (Å²) in [6.45, 7) is 0. The van der Waals surface area contributed by atoms with Gasteiger partial charge in [-0.1, -0.05) is 0 Å². The Morgan fingerprint density at radius 1 is 1.22 bits per heavy atom. The van der Waals surface area contributed by atoms with E-state index in [0.29, 0.717) is 17.6 Å². The maximum atomic E-state index is 13.0. The molecule has 0 fully saturated rings. The number of hydrogen-bond acceptors (Lipinski definition) is 5. The fourth-order valence-corrected chi connectivity index (χ4v) is 2.00. The van der Waals surface area contributed by atoms with Crippen LogP contribution in [0.2, 0.25) is 5.28 Å². The van der Waals surface area contributed by atoms with Crippen LogP contribution in [0, 0.1) is 9.39 Å². The minimum absolute atomic E-state index is 0.0777. The van der Waals surface area contributed by atoms with E-state index in [2.05, 4.69) is 25.6 Å². The Kier molecular flexibility index (Phi) is 4.12. The van der Waals surface area contributed by atoms with Crippen molar-refractivity contribution in [2.45, 2.75) is 0 Å². The highest BCUT2D eigenvalue weighted by molar-refractivity contribution is 14.1. The number of rotatable bonds is 3. The molecule has 0 amide bonds. The van der Waals surface area contributed by atoms with Crippen molar-refractivity contribution >= 4 is 51.8 Å². The molecule has 8 heteroatoms. The lowest BCUT2D eigenvalue weighted by Crippen LogP contribution is -2.04. The van der Waals surface area contributed by atoms with Gasteiger partial charge in [0.15, 0.2) is 0 Å². The summed E-state index contributed by atoms with van der Waals surface area (Å²) in [5.41, 5.74) is 0.696. The molecule has 2 aromatic rings. The molecule has 5 nitrogen and oxygen atoms in total. The van der Waals surface area contributed by atoms with Crippen LogP contribution < -0.4 is 10.6 Å². The van der Waals surface area contributed by atoms with Crippen molar-refractivity contribution in [3.05, 3.63) is 32.9 Å². The van der Waals surface area contributed by atoms with Gasteiger partial charge < -0.3 is 10.6 Å². The third-order valence-corrected chi connectivity index (χ3v) is 3.07. The third kappa shape index (κ3) is 3.16. The second-order valence-electron chi connectivity index (χ2n) is 3.25. The lowest BCUT2D eigenvalue weighted by Gasteiger charge is -2.08. The van der Waals surface area contributed by atoms with Gasteiger partial charge in [0.25, 0.3) is 0 Å². The molecule has 0 radical (unpaired) electrons. The standard InChI is InChI=1S/C10H8ClFIN5/c1-14-9-16-8(11)17-10(18-9)15-7-3-2-5(12)4-6(7)13/h2-4H,1H3,(H2,14,15,16,17,18). The maximum Gasteiger partial charge on any atom is 0.233 e. The van der Waals surface area contributed by atoms with E-state index in [1.54, 1.807) is 13.1 Å². The van der Waals surface area contributed by atoms with Crippen LogP contribution in [0.15, 0.2) is 18.2 Å². The van der Waals surface area contributed by atoms with Crippen molar-refractivity contribution in [1.29, 1.82) is 0 Å². The molecular formula is C10H8ClFIN5. The maximum absolute atomic E-state index is 13.0. The summed E-state index contributed by atoms with van der Waals surface area (Å²) in [5.74, 6) is 0.355. The van der Waals surface area contributed by atoms with E-state index in [4.69, 9.17) is 11.6 Å². The molecule has 94 valence electrons. The van der Waals surface area contributed by atoms with Crippen LogP contribution >= 0.6 is 34.2 Å². The van der Waals surface area contributed by atoms with Crippen molar-refractivity contribution in [3.63, 3.8) is 0 Å². The Morgan fingerprint density at radius 3 is 2.61 bits per heavy atom. The molecular weight excluding hydrogens is 371 g/mol. The minimum atomic E-state index is -0.297. The fourth-order valence-electron chi connectivity index (χ4n) is 1.23. The van der Waals surface area contributed by atoms with Crippen LogP contribution in [0.5, 0.6) is 0 Å². The molecule has 0 atom stereocenters. The van der Waals surface area contributed by atoms with Crippen molar-refractivity contribution < 1.29 is 4.39 Å². The minimum Gasteiger partial charge on any atom is -0.357 e. The van der Waals surface area contributed by atoms with Crippen LogP contribution in [0.4, 0.5) is 22.0 Å². The molecule has 1 aromatic carbocycles. The molecule has 0 unspecified atom stereocenters. The third-order valence-electron chi connectivity index (χ3n) is 2.01. The quantitative estimate of drug-likeness (QED) is 0.803. The molecule has 0 aliphatic carbocycles. The number of benzene rings is 1. The number of aromatic nitrogens is 3. The summed E-state index contributed by atoms with van der Waals surface area (Å²) >= 11 is 7.77. The van der Waals surface area contributed by atoms with Crippen LogP contribution in [0.1, 0.15) is 0 Å². The van der Waals surface area contributed by atoms with E-state index < -0.39 is 0 Å². The number of anilines is 3. The summed E-state index contributed by atoms with van der Waals surface area (Å²) in [4.78, 5) is 11.9. The van der Waals surface area contributed by atoms with Crippen LogP contribution in [0.25, 0.3) is 0 Å². The monoisotopic (exact) mass is 379 g/mol. The lowest BCUT2D eigenvalue weighted by molar-refractivity contribution is 0.627. The van der Waals surface area contributed by atoms with Crippen LogP contribution in [-0.2, 0) is 0 Å². The second-order valence-corrected chi connectivity index (χ2v) is 4.75. The normalized spacial score (nSPS) is 10.2. The van der Waals surface area contributed by atoms with Crippen molar-refractivity contribution in [2.24, 2.45) is 0 Å². The lowest BCUT2D eigenvalue weighted by atomic mass is 10.3. The van der Waals surface area contributed by atoms with Crippen molar-refractivity contribution in [3.8, 4) is 0 Å². The van der Waals surface area contributed by atoms with E-state index in [9.17, 15) is 4.39 Å². The van der Waals surface area contributed by atoms with Gasteiger partial charge in [0.2, 0.25) is 17.2 Å². The molecule has 18 heavy (non-hydrogen) atoms. The molecule has 2 N–H and O–H groups in total. The zero-order valence-corrected chi connectivity index (χ0v) is 12.1. The van der Waals surface area contributed by atoms with E-state index in [1.807, 2.05) is 22.6 Å². The Morgan fingerprint density at radius 2 is 1.94 bits per heavy atom. The first-order valence-corrected chi connectivity index (χ1v) is 6.35. The summed E-state index contributed by atoms with van der Waals surface area (Å²) in [6, 6.07) is 4.37. The van der Waals surface area contributed by atoms with Gasteiger partial charge in [-0.3, -0.25) is 0 Å². The number of nitrogens with one attached hydrogen (secondary N) is 2. The summed E-state index contributed by atoms with van der Waals surface area (Å²) in [7, 11) is 1.68. The van der Waals surface area contributed by atoms with Gasteiger partial charge in [-0.05, 0) is 52.4 Å². The second kappa shape index (κ2) is 5.61. The smallest absolute Gasteiger partial charge is 0.233 e. The first-order valence-electron chi connectivity index (χ1n) is 4.90. The molecule has 0 saturated carbocycles. The van der Waals surface area contributed by atoms with Gasteiger partial charge in [0.05, 0.1) is 5.69 Å². The van der Waals surface area contributed by atoms with E-state index >= 15 is 0 Å². The zero-order valence-electron chi connectivity index (χ0n) is 9.21. The zero-order chi connectivity index (χ0) is 13.1. The van der Waals surface area contributed by atoms with Gasteiger partial charge in [-0.25, -0.2) is 4.39 Å². The Balaban J connectivity index is 2.30. The summed E-state index contributed by atoms with van der Waals surface area (Å²) in [5, 5.41) is 5.80. The average molecular weight is 380 g/mol. The predicted molar refractivity (Wildman–Crippen MR) is 76.8 cm³/mol. The van der Waals surface area contributed by atoms with E-state index in [-0.39, 0.29) is 11.1 Å². The van der Waals surface area contributed by atoms with Gasteiger partial charge in [0.1, 0.15) is 5.82 Å². The molecule has 0 aliphatic rings. The number of nitrogens with zero attached hydrogens (tertiary/aromatic N) is 3. The number of hydrogen-bond donors (Lipinski definition) is 2. The number of halogens is 3. The largest absolute Gasteiger partial charge is 0.357 e. The highest BCUT2D eigenvalue weighted by Crippen LogP contribution is 2.22. The Bertz CT molecular complexity index is 580. The first kappa shape index (κ1) is 13.2. The molecule has 1 heterocycles. The molecule has 0 saturated heterocycles. The highest BCUT2D eigenvalue weighted by atomic mass is 127. The van der Waals surface area contributed by atoms with Crippen LogP contribution in [-0.4, -0.2) is 22.0 Å². The van der Waals surface area contributed by atoms with E-state index in [1.165, 1.54) is 12.1 Å². The molecule has 1 aromatic heterocycles. The van der Waals surface area contributed by atoms with Crippen molar-refractivity contribution in [2.75, 3.05) is 17.7 Å². The van der Waals surface area contributed by atoms with Gasteiger partial charge in [0, 0.05) is 10.6 Å². The predicted octanol–water partition coefficient (Wildman–Crippen LogP) is 3.05. The summed E-state index contributed by atoms with van der Waals surface area (Å²) in [6.07, 6.45) is 0. The van der Waals surface area contributed by atoms with E-state index in [0.717, 1.165) is 3.57 Å². The van der Waals surface area contributed by atoms with Gasteiger partial charge in [-0.15, -0.1) is 0 Å². The first-order chi connectivity index (χ1) is 8.58. The Hall–Kier alpha value is -1.22. The SMILES string of the molecule is CNc1nc(Cl)nc(Nc2ccc(F)cc2I)n1. The van der Waals surface area contributed by atoms with Gasteiger partial charge in [-0.2, -0.15) is 15.0 Å². The van der Waals surface area contributed by atoms with Crippen LogP contribution in [0.3, 0.4) is 0 Å². The summed E-state index contributed by atoms with van der Waals surface area (Å²) < 4.78 is 13.7. The topological polar surface area (TPSA) is 62.7 Å². The molecule has 0 aliphatic heterocycles. The molecule has 2 rings (SSSR count). The van der Waals surface area contributed by atoms with Gasteiger partial charge >= 0.3 is 0 Å². The fraction of sp³-hybridized carbons (Fsp3) is 0.100. The Labute approximate surface area is 121 Å². The van der Waals surface area contributed by atoms with Crippen molar-refractivity contribution in [1.82, 2.24) is 15.0 Å².